The highest BCUT2D eigenvalue weighted by Gasteiger charge is 2.12. The maximum absolute atomic E-state index is 12.5. The molecule has 158 valence electrons. The van der Waals surface area contributed by atoms with Crippen molar-refractivity contribution >= 4 is 23.6 Å². The van der Waals surface area contributed by atoms with Crippen LogP contribution >= 0.6 is 0 Å². The summed E-state index contributed by atoms with van der Waals surface area (Å²) < 4.78 is 15.7. The molecule has 0 aliphatic rings. The third-order valence-electron chi connectivity index (χ3n) is 3.89. The molecule has 0 saturated heterocycles. The van der Waals surface area contributed by atoms with Gasteiger partial charge in [0.15, 0.2) is 18.1 Å². The van der Waals surface area contributed by atoms with Gasteiger partial charge >= 0.3 is 5.97 Å². The first-order valence-electron chi connectivity index (χ1n) is 9.49. The van der Waals surface area contributed by atoms with Crippen molar-refractivity contribution < 1.29 is 23.8 Å². The van der Waals surface area contributed by atoms with Crippen LogP contribution in [0.3, 0.4) is 0 Å². The molecule has 1 N–H and O–H groups in total. The number of carbonyl (C=O) groups excluding carboxylic acids is 2. The highest BCUT2D eigenvalue weighted by atomic mass is 16.5. The second-order valence-corrected chi connectivity index (χ2v) is 6.01. The van der Waals surface area contributed by atoms with E-state index in [9.17, 15) is 14.9 Å². The second-order valence-electron chi connectivity index (χ2n) is 6.01. The van der Waals surface area contributed by atoms with Crippen LogP contribution in [0.15, 0.2) is 48.0 Å². The number of rotatable bonds is 9. The van der Waals surface area contributed by atoms with Crippen molar-refractivity contribution in [1.29, 1.82) is 10.5 Å². The number of benzene rings is 2. The molecule has 31 heavy (non-hydrogen) atoms. The van der Waals surface area contributed by atoms with Crippen LogP contribution in [0.4, 0.5) is 5.69 Å². The van der Waals surface area contributed by atoms with E-state index in [-0.39, 0.29) is 18.8 Å². The molecule has 2 rings (SSSR count). The number of nitrogens with zero attached hydrogens (tertiary/aromatic N) is 2. The van der Waals surface area contributed by atoms with Crippen LogP contribution in [0.5, 0.6) is 11.5 Å². The summed E-state index contributed by atoms with van der Waals surface area (Å²) in [5, 5.41) is 20.7. The number of esters is 1. The molecule has 0 fully saturated rings. The van der Waals surface area contributed by atoms with Crippen molar-refractivity contribution in [2.75, 3.05) is 25.1 Å². The number of anilines is 1. The normalized spacial score (nSPS) is 10.4. The first kappa shape index (κ1) is 23.0. The van der Waals surface area contributed by atoms with Gasteiger partial charge in [0.1, 0.15) is 17.7 Å². The molecular formula is C23H21N3O5. The fraction of sp³-hybridized carbons (Fsp3) is 0.217. The fourth-order valence-corrected chi connectivity index (χ4v) is 2.53. The number of nitriles is 2. The molecule has 0 atom stereocenters. The minimum absolute atomic E-state index is 0.123. The van der Waals surface area contributed by atoms with Gasteiger partial charge in [-0.25, -0.2) is 4.79 Å². The second kappa shape index (κ2) is 11.6. The van der Waals surface area contributed by atoms with E-state index < -0.39 is 11.9 Å². The zero-order valence-corrected chi connectivity index (χ0v) is 17.2. The quantitative estimate of drug-likeness (QED) is 0.373. The first-order chi connectivity index (χ1) is 15.0. The summed E-state index contributed by atoms with van der Waals surface area (Å²) in [5.74, 6) is -0.261. The molecule has 0 spiro atoms. The molecule has 2 aromatic carbocycles. The number of carbonyl (C=O) groups is 2. The number of nitrogens with one attached hydrogen (secondary N) is 1. The van der Waals surface area contributed by atoms with Crippen LogP contribution in [0, 0.1) is 22.7 Å². The zero-order chi connectivity index (χ0) is 22.6. The van der Waals surface area contributed by atoms with E-state index in [1.54, 1.807) is 44.2 Å². The number of hydrogen-bond acceptors (Lipinski definition) is 7. The van der Waals surface area contributed by atoms with Gasteiger partial charge in [-0.3, -0.25) is 4.79 Å². The van der Waals surface area contributed by atoms with Crippen molar-refractivity contribution in [3.8, 4) is 23.6 Å². The molecule has 0 heterocycles. The third kappa shape index (κ3) is 6.62. The van der Waals surface area contributed by atoms with E-state index >= 15 is 0 Å². The maximum Gasteiger partial charge on any atom is 0.338 e. The van der Waals surface area contributed by atoms with Crippen LogP contribution in [-0.4, -0.2) is 31.7 Å². The Balaban J connectivity index is 2.18. The number of ether oxygens (including phenoxy) is 3. The van der Waals surface area contributed by atoms with Gasteiger partial charge in [0.05, 0.1) is 18.8 Å². The zero-order valence-electron chi connectivity index (χ0n) is 17.2. The summed E-state index contributed by atoms with van der Waals surface area (Å²) in [6, 6.07) is 14.8. The molecule has 0 radical (unpaired) electrons. The summed E-state index contributed by atoms with van der Waals surface area (Å²) in [5.41, 5.74) is 1.22. The van der Waals surface area contributed by atoms with Crippen LogP contribution in [-0.2, 0) is 9.53 Å². The largest absolute Gasteiger partial charge is 0.490 e. The Morgan fingerprint density at radius 1 is 1.00 bits per heavy atom. The van der Waals surface area contributed by atoms with Gasteiger partial charge in [-0.2, -0.15) is 10.5 Å². The Morgan fingerprint density at radius 2 is 1.74 bits per heavy atom. The summed E-state index contributed by atoms with van der Waals surface area (Å²) in [4.78, 5) is 24.2. The minimum atomic E-state index is -0.603. The Kier molecular flexibility index (Phi) is 8.63. The van der Waals surface area contributed by atoms with Crippen molar-refractivity contribution in [2.45, 2.75) is 13.8 Å². The van der Waals surface area contributed by atoms with Gasteiger partial charge in [0.25, 0.3) is 5.91 Å². The van der Waals surface area contributed by atoms with E-state index in [2.05, 4.69) is 5.32 Å². The van der Waals surface area contributed by atoms with E-state index in [1.165, 1.54) is 18.2 Å². The van der Waals surface area contributed by atoms with E-state index in [0.29, 0.717) is 34.9 Å². The standard InChI is InChI=1S/C23H21N3O5/c1-3-29-21-14-16(5-10-20(21)31-12-11-24)13-18(15-25)22(27)26-19-8-6-17(7-9-19)23(28)30-4-2/h5-10,13-14H,3-4,12H2,1-2H3,(H,26,27)/b18-13+. The predicted molar refractivity (Wildman–Crippen MR) is 113 cm³/mol. The molecule has 0 aliphatic heterocycles. The van der Waals surface area contributed by atoms with Gasteiger partial charge in [-0.15, -0.1) is 0 Å². The highest BCUT2D eigenvalue weighted by molar-refractivity contribution is 6.09. The Bertz CT molecular complexity index is 1050. The molecule has 1 amide bonds. The smallest absolute Gasteiger partial charge is 0.338 e. The van der Waals surface area contributed by atoms with Crippen LogP contribution < -0.4 is 14.8 Å². The average molecular weight is 419 g/mol. The molecule has 0 aromatic heterocycles. The minimum Gasteiger partial charge on any atom is -0.490 e. The van der Waals surface area contributed by atoms with Crippen LogP contribution in [0.2, 0.25) is 0 Å². The molecule has 8 nitrogen and oxygen atoms in total. The van der Waals surface area contributed by atoms with Gasteiger partial charge in [0.2, 0.25) is 0 Å². The van der Waals surface area contributed by atoms with Crippen LogP contribution in [0.1, 0.15) is 29.8 Å². The number of amides is 1. The molecule has 0 bridgehead atoms. The molecule has 0 aliphatic carbocycles. The monoisotopic (exact) mass is 419 g/mol. The molecule has 2 aromatic rings. The van der Waals surface area contributed by atoms with Gasteiger partial charge in [0, 0.05) is 5.69 Å². The van der Waals surface area contributed by atoms with Crippen molar-refractivity contribution in [2.24, 2.45) is 0 Å². The summed E-state index contributed by atoms with van der Waals surface area (Å²) in [6.07, 6.45) is 1.42. The maximum atomic E-state index is 12.5. The summed E-state index contributed by atoms with van der Waals surface area (Å²) >= 11 is 0. The number of hydrogen-bond donors (Lipinski definition) is 1. The molecule has 0 unspecified atom stereocenters. The molecule has 8 heteroatoms. The van der Waals surface area contributed by atoms with Gasteiger partial charge in [-0.05, 0) is 61.9 Å². The van der Waals surface area contributed by atoms with Gasteiger partial charge in [-0.1, -0.05) is 6.07 Å². The highest BCUT2D eigenvalue weighted by Crippen LogP contribution is 2.29. The fourth-order valence-electron chi connectivity index (χ4n) is 2.53. The van der Waals surface area contributed by atoms with Crippen molar-refractivity contribution in [1.82, 2.24) is 0 Å². The Morgan fingerprint density at radius 3 is 2.35 bits per heavy atom. The molecule has 0 saturated carbocycles. The van der Waals surface area contributed by atoms with Crippen molar-refractivity contribution in [3.05, 3.63) is 59.2 Å². The topological polar surface area (TPSA) is 121 Å². The first-order valence-corrected chi connectivity index (χ1v) is 9.49. The van der Waals surface area contributed by atoms with Crippen LogP contribution in [0.25, 0.3) is 6.08 Å². The molecular weight excluding hydrogens is 398 g/mol. The van der Waals surface area contributed by atoms with Gasteiger partial charge < -0.3 is 19.5 Å². The lowest BCUT2D eigenvalue weighted by atomic mass is 10.1. The van der Waals surface area contributed by atoms with Crippen molar-refractivity contribution in [3.63, 3.8) is 0 Å². The predicted octanol–water partition coefficient (Wildman–Crippen LogP) is 3.71. The van der Waals surface area contributed by atoms with E-state index in [0.717, 1.165) is 0 Å². The lowest BCUT2D eigenvalue weighted by Crippen LogP contribution is -2.13. The van der Waals surface area contributed by atoms with E-state index in [1.807, 2.05) is 12.1 Å². The Hall–Kier alpha value is -4.30. The lowest BCUT2D eigenvalue weighted by Gasteiger charge is -2.11. The van der Waals surface area contributed by atoms with E-state index in [4.69, 9.17) is 19.5 Å². The average Bonchev–Trinajstić information content (AvgIpc) is 2.77. The summed E-state index contributed by atoms with van der Waals surface area (Å²) in [6.45, 7) is 4.04. The lowest BCUT2D eigenvalue weighted by molar-refractivity contribution is -0.112. The Labute approximate surface area is 180 Å². The SMILES string of the molecule is CCOC(=O)c1ccc(NC(=O)/C(C#N)=C/c2ccc(OCC#N)c(OCC)c2)cc1. The summed E-state index contributed by atoms with van der Waals surface area (Å²) in [7, 11) is 0. The third-order valence-corrected chi connectivity index (χ3v) is 3.89.